The first-order chi connectivity index (χ1) is 9.88. The Labute approximate surface area is 128 Å². The summed E-state index contributed by atoms with van der Waals surface area (Å²) in [6.45, 7) is 5.21. The zero-order valence-electron chi connectivity index (χ0n) is 11.6. The summed E-state index contributed by atoms with van der Waals surface area (Å²) >= 11 is 0. The third kappa shape index (κ3) is 3.34. The molecule has 1 aromatic rings. The normalized spacial score (nSPS) is 23.2. The molecule has 1 N–H and O–H groups in total. The highest BCUT2D eigenvalue weighted by atomic mass is 32.2. The van der Waals surface area contributed by atoms with Crippen LogP contribution in [0.15, 0.2) is 29.2 Å². The van der Waals surface area contributed by atoms with Crippen molar-refractivity contribution in [1.82, 2.24) is 10.2 Å². The van der Waals surface area contributed by atoms with Crippen molar-refractivity contribution in [2.24, 2.45) is 5.41 Å². The molecule has 3 rings (SSSR count). The number of alkyl halides is 2. The highest BCUT2D eigenvalue weighted by Gasteiger charge is 2.42. The van der Waals surface area contributed by atoms with E-state index < -0.39 is 15.8 Å². The third-order valence-corrected chi connectivity index (χ3v) is 6.15. The van der Waals surface area contributed by atoms with E-state index in [-0.39, 0.29) is 4.90 Å². The SMILES string of the molecule is O=S(c1ccc(CN2CCC3(CNC3)C2)cc1)C(F)(F)P. The van der Waals surface area contributed by atoms with E-state index in [0.29, 0.717) is 5.41 Å². The Kier molecular flexibility index (Phi) is 4.17. The summed E-state index contributed by atoms with van der Waals surface area (Å²) in [7, 11) is -0.973. The van der Waals surface area contributed by atoms with E-state index in [0.717, 1.165) is 38.3 Å². The lowest BCUT2D eigenvalue weighted by molar-refractivity contribution is 0.167. The Morgan fingerprint density at radius 2 is 2.00 bits per heavy atom. The van der Waals surface area contributed by atoms with Gasteiger partial charge in [-0.2, -0.15) is 8.78 Å². The average molecular weight is 332 g/mol. The Bertz CT molecular complexity index is 543. The molecule has 1 spiro atoms. The van der Waals surface area contributed by atoms with Gasteiger partial charge in [0.05, 0.1) is 0 Å². The van der Waals surface area contributed by atoms with E-state index in [1.54, 1.807) is 24.3 Å². The summed E-state index contributed by atoms with van der Waals surface area (Å²) in [5, 5.41) is 3.33. The van der Waals surface area contributed by atoms with Gasteiger partial charge in [0.1, 0.15) is 10.8 Å². The molecule has 0 aliphatic carbocycles. The summed E-state index contributed by atoms with van der Waals surface area (Å²) in [4.78, 5) is -0.711. The van der Waals surface area contributed by atoms with Crippen LogP contribution in [0.4, 0.5) is 8.78 Å². The summed E-state index contributed by atoms with van der Waals surface area (Å²) in [5.74, 6) is 0. The maximum absolute atomic E-state index is 13.0. The lowest BCUT2D eigenvalue weighted by Crippen LogP contribution is -2.54. The molecular weight excluding hydrogens is 313 g/mol. The van der Waals surface area contributed by atoms with Gasteiger partial charge in [-0.25, -0.2) is 4.21 Å². The fraction of sp³-hybridized carbons (Fsp3) is 0.571. The molecular formula is C14H19F2N2OPS. The van der Waals surface area contributed by atoms with Gasteiger partial charge in [-0.3, -0.25) is 4.90 Å². The van der Waals surface area contributed by atoms with Crippen LogP contribution in [0.2, 0.25) is 0 Å². The van der Waals surface area contributed by atoms with Gasteiger partial charge in [0.25, 0.3) is 0 Å². The number of nitrogens with zero attached hydrogens (tertiary/aromatic N) is 1. The molecule has 0 radical (unpaired) electrons. The molecule has 3 nitrogen and oxygen atoms in total. The van der Waals surface area contributed by atoms with Gasteiger partial charge >= 0.3 is 5.00 Å². The molecule has 2 saturated heterocycles. The van der Waals surface area contributed by atoms with E-state index in [2.05, 4.69) is 10.2 Å². The first-order valence-electron chi connectivity index (χ1n) is 6.99. The van der Waals surface area contributed by atoms with Crippen molar-refractivity contribution >= 4 is 20.0 Å². The molecule has 0 aromatic heterocycles. The second-order valence-corrected chi connectivity index (χ2v) is 8.74. The van der Waals surface area contributed by atoms with E-state index in [1.807, 2.05) is 0 Å². The lowest BCUT2D eigenvalue weighted by atomic mass is 9.81. The molecule has 0 bridgehead atoms. The number of nitrogens with one attached hydrogen (secondary N) is 1. The van der Waals surface area contributed by atoms with Gasteiger partial charge in [-0.1, -0.05) is 12.1 Å². The molecule has 2 aliphatic rings. The fourth-order valence-electron chi connectivity index (χ4n) is 3.06. The van der Waals surface area contributed by atoms with E-state index in [9.17, 15) is 13.0 Å². The molecule has 2 unspecified atom stereocenters. The second kappa shape index (κ2) is 5.65. The van der Waals surface area contributed by atoms with Crippen molar-refractivity contribution in [2.75, 3.05) is 26.2 Å². The maximum atomic E-state index is 13.0. The molecule has 7 heteroatoms. The second-order valence-electron chi connectivity index (χ2n) is 6.04. The molecule has 0 saturated carbocycles. The highest BCUT2D eigenvalue weighted by molar-refractivity contribution is 7.90. The number of rotatable bonds is 4. The van der Waals surface area contributed by atoms with Crippen LogP contribution >= 0.6 is 9.24 Å². The first-order valence-corrected chi connectivity index (χ1v) is 8.71. The van der Waals surface area contributed by atoms with Gasteiger partial charge in [0.15, 0.2) is 0 Å². The molecule has 1 aromatic carbocycles. The predicted molar refractivity (Wildman–Crippen MR) is 82.7 cm³/mol. The third-order valence-electron chi connectivity index (χ3n) is 4.31. The highest BCUT2D eigenvalue weighted by Crippen LogP contribution is 2.35. The van der Waals surface area contributed by atoms with Crippen molar-refractivity contribution in [3.05, 3.63) is 29.8 Å². The molecule has 2 fully saturated rings. The molecule has 2 atom stereocenters. The summed E-state index contributed by atoms with van der Waals surface area (Å²) in [6.07, 6.45) is 1.22. The van der Waals surface area contributed by atoms with Gasteiger partial charge in [0.2, 0.25) is 0 Å². The minimum Gasteiger partial charge on any atom is -0.315 e. The van der Waals surface area contributed by atoms with Crippen molar-refractivity contribution in [3.63, 3.8) is 0 Å². The maximum Gasteiger partial charge on any atom is 0.335 e. The first kappa shape index (κ1) is 15.5. The molecule has 116 valence electrons. The Morgan fingerprint density at radius 3 is 2.48 bits per heavy atom. The van der Waals surface area contributed by atoms with Crippen LogP contribution in [-0.4, -0.2) is 40.3 Å². The quantitative estimate of drug-likeness (QED) is 0.856. The Balaban J connectivity index is 1.61. The summed E-state index contributed by atoms with van der Waals surface area (Å²) < 4.78 is 37.6. The molecule has 21 heavy (non-hydrogen) atoms. The molecule has 0 amide bonds. The van der Waals surface area contributed by atoms with Gasteiger partial charge in [-0.15, -0.1) is 0 Å². The average Bonchev–Trinajstić information content (AvgIpc) is 2.82. The Morgan fingerprint density at radius 1 is 1.33 bits per heavy atom. The number of benzene rings is 1. The molecule has 2 aliphatic heterocycles. The van der Waals surface area contributed by atoms with E-state index in [4.69, 9.17) is 0 Å². The van der Waals surface area contributed by atoms with Crippen molar-refractivity contribution in [1.29, 1.82) is 0 Å². The van der Waals surface area contributed by atoms with Gasteiger partial charge in [-0.05, 0) is 39.9 Å². The number of halogens is 2. The largest absolute Gasteiger partial charge is 0.335 e. The predicted octanol–water partition coefficient (Wildman–Crippen LogP) is 2.01. The van der Waals surface area contributed by atoms with Crippen LogP contribution in [0.3, 0.4) is 0 Å². The Hall–Kier alpha value is -0.420. The zero-order chi connectivity index (χ0) is 15.1. The minimum atomic E-state index is -3.28. The number of hydrogen-bond acceptors (Lipinski definition) is 3. The van der Waals surface area contributed by atoms with E-state index in [1.165, 1.54) is 15.7 Å². The topological polar surface area (TPSA) is 32.3 Å². The van der Waals surface area contributed by atoms with Crippen LogP contribution < -0.4 is 5.32 Å². The van der Waals surface area contributed by atoms with E-state index >= 15 is 0 Å². The fourth-order valence-corrected chi connectivity index (χ4v) is 4.17. The number of hydrogen-bond donors (Lipinski definition) is 1. The van der Waals surface area contributed by atoms with Crippen LogP contribution in [0.25, 0.3) is 0 Å². The van der Waals surface area contributed by atoms with Crippen molar-refractivity contribution in [2.45, 2.75) is 22.9 Å². The van der Waals surface area contributed by atoms with Crippen LogP contribution in [0, 0.1) is 5.41 Å². The monoisotopic (exact) mass is 332 g/mol. The van der Waals surface area contributed by atoms with Crippen molar-refractivity contribution < 1.29 is 13.0 Å². The standard InChI is InChI=1S/C14H19F2N2OPS/c15-14(16,20)21(19)12-3-1-11(2-4-12)7-18-6-5-13(10-18)8-17-9-13/h1-4,17H,5-10,20H2. The van der Waals surface area contributed by atoms with Crippen LogP contribution in [0.5, 0.6) is 0 Å². The van der Waals surface area contributed by atoms with Crippen molar-refractivity contribution in [3.8, 4) is 0 Å². The van der Waals surface area contributed by atoms with Gasteiger partial charge < -0.3 is 5.32 Å². The lowest BCUT2D eigenvalue weighted by Gasteiger charge is -2.39. The minimum absolute atomic E-state index is 0.167. The van der Waals surface area contributed by atoms with Crippen LogP contribution in [-0.2, 0) is 17.3 Å². The summed E-state index contributed by atoms with van der Waals surface area (Å²) in [6, 6.07) is 6.68. The number of likely N-dealkylation sites (tertiary alicyclic amines) is 1. The smallest absolute Gasteiger partial charge is 0.315 e. The zero-order valence-corrected chi connectivity index (χ0v) is 13.6. The van der Waals surface area contributed by atoms with Gasteiger partial charge in [0, 0.05) is 36.5 Å². The van der Waals surface area contributed by atoms with Crippen LogP contribution in [0.1, 0.15) is 12.0 Å². The summed E-state index contributed by atoms with van der Waals surface area (Å²) in [5.41, 5.74) is 1.54. The molecule has 2 heterocycles.